The summed E-state index contributed by atoms with van der Waals surface area (Å²) in [6.07, 6.45) is 0.454. The van der Waals surface area contributed by atoms with Gasteiger partial charge in [-0.3, -0.25) is 14.6 Å². The molecular weight excluding hydrogens is 376 g/mol. The lowest BCUT2D eigenvalue weighted by Gasteiger charge is -2.23. The molecule has 1 aliphatic rings. The highest BCUT2D eigenvalue weighted by molar-refractivity contribution is 5.97. The van der Waals surface area contributed by atoms with E-state index in [4.69, 9.17) is 10.5 Å². The van der Waals surface area contributed by atoms with Crippen LogP contribution in [-0.2, 0) is 9.53 Å². The van der Waals surface area contributed by atoms with Crippen molar-refractivity contribution >= 4 is 40.7 Å². The number of amides is 1. The maximum atomic E-state index is 12.1. The van der Waals surface area contributed by atoms with Gasteiger partial charge in [0.2, 0.25) is 11.9 Å². The van der Waals surface area contributed by atoms with Crippen molar-refractivity contribution in [2.75, 3.05) is 35.6 Å². The Balaban J connectivity index is 1.73. The van der Waals surface area contributed by atoms with Crippen molar-refractivity contribution in [1.82, 2.24) is 9.97 Å². The number of benzene rings is 1. The summed E-state index contributed by atoms with van der Waals surface area (Å²) in [5.74, 6) is -0.193. The number of aliphatic imine (C=N–C) groups is 1. The van der Waals surface area contributed by atoms with E-state index in [1.165, 1.54) is 6.92 Å². The Kier molecular flexibility index (Phi) is 5.91. The molecule has 152 valence electrons. The molecule has 3 rings (SSSR count). The molecule has 1 aromatic carbocycles. The van der Waals surface area contributed by atoms with Crippen LogP contribution in [-0.4, -0.2) is 47.3 Å². The van der Waals surface area contributed by atoms with Crippen LogP contribution in [0.5, 0.6) is 0 Å². The molecule has 0 radical (unpaired) electrons. The van der Waals surface area contributed by atoms with Crippen molar-refractivity contribution in [3.8, 4) is 0 Å². The van der Waals surface area contributed by atoms with Gasteiger partial charge >= 0.3 is 5.97 Å². The summed E-state index contributed by atoms with van der Waals surface area (Å²) in [4.78, 5) is 48.3. The van der Waals surface area contributed by atoms with Gasteiger partial charge in [-0.1, -0.05) is 0 Å². The lowest BCUT2D eigenvalue weighted by molar-refractivity contribution is -0.116. The van der Waals surface area contributed by atoms with Gasteiger partial charge < -0.3 is 20.7 Å². The summed E-state index contributed by atoms with van der Waals surface area (Å²) >= 11 is 0. The minimum atomic E-state index is -0.421. The maximum Gasteiger partial charge on any atom is 0.338 e. The molecule has 10 heteroatoms. The van der Waals surface area contributed by atoms with E-state index in [0.717, 1.165) is 0 Å². The number of hydrogen-bond acceptors (Lipinski definition) is 8. The molecule has 0 spiro atoms. The zero-order valence-corrected chi connectivity index (χ0v) is 16.2. The van der Waals surface area contributed by atoms with Gasteiger partial charge in [0.05, 0.1) is 18.7 Å². The fraction of sp³-hybridized carbons (Fsp3) is 0.316. The number of ether oxygens (including phenoxy) is 1. The molecule has 0 fully saturated rings. The Labute approximate surface area is 166 Å². The number of nitrogens with two attached hydrogens (primary N) is 1. The van der Waals surface area contributed by atoms with E-state index in [1.807, 2.05) is 0 Å². The van der Waals surface area contributed by atoms with E-state index in [1.54, 1.807) is 36.1 Å². The van der Waals surface area contributed by atoms with Crippen LogP contribution < -0.4 is 21.5 Å². The normalized spacial score (nSPS) is 12.4. The van der Waals surface area contributed by atoms with Gasteiger partial charge in [-0.15, -0.1) is 0 Å². The number of carbonyl (C=O) groups is 2. The number of H-pyrrole nitrogens is 1. The second-order valence-electron chi connectivity index (χ2n) is 6.37. The first-order chi connectivity index (χ1) is 13.9. The highest BCUT2D eigenvalue weighted by atomic mass is 16.5. The second-order valence-corrected chi connectivity index (χ2v) is 6.37. The molecule has 1 amide bonds. The fourth-order valence-corrected chi connectivity index (χ4v) is 2.94. The van der Waals surface area contributed by atoms with Crippen LogP contribution in [0, 0.1) is 0 Å². The highest BCUT2D eigenvalue weighted by Crippen LogP contribution is 2.23. The summed E-state index contributed by atoms with van der Waals surface area (Å²) in [5, 5.41) is 3.02. The highest BCUT2D eigenvalue weighted by Gasteiger charge is 2.19. The van der Waals surface area contributed by atoms with Crippen molar-refractivity contribution in [2.24, 2.45) is 4.99 Å². The van der Waals surface area contributed by atoms with Crippen LogP contribution in [0.25, 0.3) is 0 Å². The van der Waals surface area contributed by atoms with Crippen molar-refractivity contribution < 1.29 is 14.3 Å². The summed E-state index contributed by atoms with van der Waals surface area (Å²) in [5.41, 5.74) is 7.07. The largest absolute Gasteiger partial charge is 0.462 e. The number of esters is 1. The number of nitrogens with one attached hydrogen (secondary N) is 2. The number of hydrogen-bond donors (Lipinski definition) is 3. The Morgan fingerprint density at radius 3 is 2.66 bits per heavy atom. The average Bonchev–Trinajstić information content (AvgIpc) is 2.69. The van der Waals surface area contributed by atoms with Crippen LogP contribution in [0.1, 0.15) is 30.6 Å². The molecule has 2 aromatic rings. The summed E-state index contributed by atoms with van der Waals surface area (Å²) < 4.78 is 4.97. The van der Waals surface area contributed by atoms with Gasteiger partial charge in [0, 0.05) is 31.3 Å². The number of aromatic nitrogens is 2. The van der Waals surface area contributed by atoms with Crippen LogP contribution in [0.3, 0.4) is 0 Å². The summed E-state index contributed by atoms with van der Waals surface area (Å²) in [7, 11) is 0. The minimum Gasteiger partial charge on any atom is -0.462 e. The summed E-state index contributed by atoms with van der Waals surface area (Å²) in [6.45, 7) is 4.27. The third-order valence-electron chi connectivity index (χ3n) is 4.34. The van der Waals surface area contributed by atoms with Crippen molar-refractivity contribution in [2.45, 2.75) is 20.3 Å². The lowest BCUT2D eigenvalue weighted by Crippen LogP contribution is -2.33. The number of aromatic amines is 1. The van der Waals surface area contributed by atoms with E-state index in [0.29, 0.717) is 48.9 Å². The third-order valence-corrected chi connectivity index (χ3v) is 4.34. The van der Waals surface area contributed by atoms with Gasteiger partial charge in [0.1, 0.15) is 0 Å². The van der Waals surface area contributed by atoms with E-state index < -0.39 is 11.5 Å². The molecule has 1 aromatic heterocycles. The molecule has 0 saturated heterocycles. The van der Waals surface area contributed by atoms with Crippen molar-refractivity contribution in [3.05, 3.63) is 40.2 Å². The maximum absolute atomic E-state index is 12.1. The minimum absolute atomic E-state index is 0.0221. The molecule has 0 bridgehead atoms. The quantitative estimate of drug-likeness (QED) is 0.625. The van der Waals surface area contributed by atoms with E-state index in [2.05, 4.69) is 20.3 Å². The molecule has 0 saturated carbocycles. The predicted octanol–water partition coefficient (Wildman–Crippen LogP) is 1.47. The molecular formula is C19H22N6O4. The lowest BCUT2D eigenvalue weighted by atomic mass is 10.1. The standard InChI is InChI=1S/C19H22N6O4/c1-3-29-18(28)12-4-6-14(7-5-12)25(11(2)26)9-8-13-10-21-16-15(22-13)17(27)24-19(20)23-16/h4-7H,3,8-10H2,1-2H3,(H4,20,21,23,24,27). The smallest absolute Gasteiger partial charge is 0.338 e. The van der Waals surface area contributed by atoms with Crippen LogP contribution >= 0.6 is 0 Å². The number of anilines is 3. The zero-order chi connectivity index (χ0) is 21.0. The topological polar surface area (TPSA) is 143 Å². The van der Waals surface area contributed by atoms with Crippen molar-refractivity contribution in [1.29, 1.82) is 0 Å². The molecule has 0 unspecified atom stereocenters. The van der Waals surface area contributed by atoms with Gasteiger partial charge in [0.15, 0.2) is 11.5 Å². The third kappa shape index (κ3) is 4.60. The van der Waals surface area contributed by atoms with Gasteiger partial charge in [-0.05, 0) is 31.2 Å². The van der Waals surface area contributed by atoms with E-state index >= 15 is 0 Å². The molecule has 29 heavy (non-hydrogen) atoms. The molecule has 1 aliphatic heterocycles. The molecule has 10 nitrogen and oxygen atoms in total. The van der Waals surface area contributed by atoms with Crippen LogP contribution in [0.15, 0.2) is 34.1 Å². The molecule has 0 aliphatic carbocycles. The Morgan fingerprint density at radius 1 is 1.28 bits per heavy atom. The molecule has 2 heterocycles. The van der Waals surface area contributed by atoms with Crippen molar-refractivity contribution in [3.63, 3.8) is 0 Å². The van der Waals surface area contributed by atoms with Gasteiger partial charge in [-0.2, -0.15) is 4.98 Å². The monoisotopic (exact) mass is 398 g/mol. The Hall–Kier alpha value is -3.69. The Morgan fingerprint density at radius 2 is 2.00 bits per heavy atom. The van der Waals surface area contributed by atoms with E-state index in [9.17, 15) is 14.4 Å². The molecule has 0 atom stereocenters. The first kappa shape index (κ1) is 20.1. The number of nitrogen functional groups attached to an aromatic ring is 1. The van der Waals surface area contributed by atoms with Gasteiger partial charge in [0.25, 0.3) is 5.56 Å². The van der Waals surface area contributed by atoms with E-state index in [-0.39, 0.29) is 17.5 Å². The number of nitrogens with zero attached hydrogens (tertiary/aromatic N) is 3. The van der Waals surface area contributed by atoms with Gasteiger partial charge in [-0.25, -0.2) is 9.79 Å². The Bertz CT molecular complexity index is 1010. The SMILES string of the molecule is CCOC(=O)c1ccc(N(CCC2=Nc3c(nc(N)[nH]c3=O)NC2)C(C)=O)cc1. The second kappa shape index (κ2) is 8.55. The van der Waals surface area contributed by atoms with Crippen LogP contribution in [0.2, 0.25) is 0 Å². The first-order valence-corrected chi connectivity index (χ1v) is 9.14. The predicted molar refractivity (Wildman–Crippen MR) is 110 cm³/mol. The van der Waals surface area contributed by atoms with Crippen LogP contribution in [0.4, 0.5) is 23.1 Å². The number of fused-ring (bicyclic) bond motifs is 1. The summed E-state index contributed by atoms with van der Waals surface area (Å²) in [6, 6.07) is 6.63. The number of rotatable bonds is 6. The molecule has 4 N–H and O–H groups in total. The zero-order valence-electron chi connectivity index (χ0n) is 16.2. The number of carbonyl (C=O) groups excluding carboxylic acids is 2. The first-order valence-electron chi connectivity index (χ1n) is 9.14. The average molecular weight is 398 g/mol. The fourth-order valence-electron chi connectivity index (χ4n) is 2.94.